The molecule has 4 N–H and O–H groups in total. The van der Waals surface area contributed by atoms with Gasteiger partial charge in [-0.3, -0.25) is 14.5 Å². The maximum absolute atomic E-state index is 13.3. The van der Waals surface area contributed by atoms with E-state index < -0.39 is 29.2 Å². The normalized spacial score (nSPS) is 24.8. The van der Waals surface area contributed by atoms with Crippen LogP contribution in [0.1, 0.15) is 25.5 Å². The SMILES string of the molecule is COc1cn(C2=C(C(=O)O)N3C(=O)[C@@H](NC(=O)C(=NOC4C=CCC4)c4csc(N)n4)[C@H]3SC2C)[n+](C)c1. The number of aromatic nitrogens is 3. The quantitative estimate of drug-likeness (QED) is 0.137. The molecule has 4 heterocycles. The molecule has 1 fully saturated rings. The number of nitrogen functional groups attached to an aromatic ring is 1. The minimum absolute atomic E-state index is 0.112. The van der Waals surface area contributed by atoms with Gasteiger partial charge in [0.05, 0.1) is 12.4 Å². The number of carbonyl (C=O) groups excluding carboxylic acids is 2. The van der Waals surface area contributed by atoms with Gasteiger partial charge in [0.15, 0.2) is 23.6 Å². The monoisotopic (exact) mass is 560 g/mol. The number of ether oxygens (including phenoxy) is 1. The van der Waals surface area contributed by atoms with Crippen molar-refractivity contribution >= 4 is 57.4 Å². The van der Waals surface area contributed by atoms with Crippen molar-refractivity contribution in [2.45, 2.75) is 42.5 Å². The summed E-state index contributed by atoms with van der Waals surface area (Å²) in [5, 5.41) is 17.7. The summed E-state index contributed by atoms with van der Waals surface area (Å²) in [5.41, 5.74) is 6.14. The molecular formula is C23H26N7O6S2+. The third-order valence-corrected chi connectivity index (χ3v) is 8.43. The van der Waals surface area contributed by atoms with E-state index in [1.54, 1.807) is 34.2 Å². The van der Waals surface area contributed by atoms with Crippen molar-refractivity contribution in [1.82, 2.24) is 19.9 Å². The summed E-state index contributed by atoms with van der Waals surface area (Å²) in [6.07, 6.45) is 8.51. The van der Waals surface area contributed by atoms with Crippen LogP contribution in [0.4, 0.5) is 5.13 Å². The standard InChI is InChI=1S/C23H25N7O6S2/c1-11-17(29-9-13(35-3)8-28(29)2)18(22(33)34)30-20(32)16(21(30)38-11)26-19(31)15(14-10-37-23(24)25-14)27-36-12-6-4-5-7-12/h4,6,8-12,16,21H,5,7H2,1-3H3,(H3-,24,25,26,31,33,34)/p+1/t11?,12?,16-,21-/m1/s1. The van der Waals surface area contributed by atoms with E-state index in [0.717, 1.165) is 24.2 Å². The van der Waals surface area contributed by atoms with E-state index in [2.05, 4.69) is 15.5 Å². The van der Waals surface area contributed by atoms with Crippen molar-refractivity contribution in [2.75, 3.05) is 12.8 Å². The molecule has 3 aliphatic rings. The topological polar surface area (TPSA) is 165 Å². The number of aliphatic carboxylic acids is 1. The number of nitrogens with two attached hydrogens (primary N) is 1. The molecule has 0 saturated carbocycles. The molecule has 2 aliphatic heterocycles. The molecule has 0 bridgehead atoms. The van der Waals surface area contributed by atoms with Crippen molar-refractivity contribution in [1.29, 1.82) is 0 Å². The number of oxime groups is 1. The number of methoxy groups -OCH3 is 1. The van der Waals surface area contributed by atoms with Gasteiger partial charge in [-0.1, -0.05) is 11.2 Å². The summed E-state index contributed by atoms with van der Waals surface area (Å²) in [5.74, 6) is -1.93. The summed E-state index contributed by atoms with van der Waals surface area (Å²) in [6.45, 7) is 1.85. The number of carboxylic acids is 1. The van der Waals surface area contributed by atoms with Gasteiger partial charge in [0.1, 0.15) is 35.1 Å². The van der Waals surface area contributed by atoms with Crippen LogP contribution in [0, 0.1) is 0 Å². The first kappa shape index (κ1) is 25.8. The predicted octanol–water partition coefficient (Wildman–Crippen LogP) is 0.541. The van der Waals surface area contributed by atoms with Crippen LogP contribution < -0.4 is 20.5 Å². The number of carbonyl (C=O) groups is 3. The molecule has 0 aromatic carbocycles. The summed E-state index contributed by atoms with van der Waals surface area (Å²) in [4.78, 5) is 49.8. The summed E-state index contributed by atoms with van der Waals surface area (Å²) >= 11 is 2.51. The summed E-state index contributed by atoms with van der Waals surface area (Å²) in [7, 11) is 3.26. The molecule has 2 aromatic heterocycles. The van der Waals surface area contributed by atoms with Gasteiger partial charge < -0.3 is 25.7 Å². The number of anilines is 1. The first-order valence-electron chi connectivity index (χ1n) is 11.7. The Morgan fingerprint density at radius 3 is 2.79 bits per heavy atom. The smallest absolute Gasteiger partial charge is 0.354 e. The van der Waals surface area contributed by atoms with Crippen molar-refractivity contribution < 1.29 is 33.7 Å². The minimum atomic E-state index is -1.25. The average Bonchev–Trinajstić information content (AvgIpc) is 3.64. The fraction of sp³-hybridized carbons (Fsp3) is 0.391. The zero-order valence-corrected chi connectivity index (χ0v) is 22.4. The lowest BCUT2D eigenvalue weighted by Crippen LogP contribution is -2.71. The fourth-order valence-electron chi connectivity index (χ4n) is 4.53. The highest BCUT2D eigenvalue weighted by atomic mass is 32.2. The molecule has 2 amide bonds. The van der Waals surface area contributed by atoms with E-state index in [-0.39, 0.29) is 33.6 Å². The van der Waals surface area contributed by atoms with E-state index in [4.69, 9.17) is 15.3 Å². The Hall–Kier alpha value is -3.85. The van der Waals surface area contributed by atoms with Crippen molar-refractivity contribution in [3.63, 3.8) is 0 Å². The largest absolute Gasteiger partial charge is 0.490 e. The summed E-state index contributed by atoms with van der Waals surface area (Å²) < 4.78 is 8.59. The molecule has 200 valence electrons. The summed E-state index contributed by atoms with van der Waals surface area (Å²) in [6, 6.07) is -0.966. The Morgan fingerprint density at radius 1 is 1.39 bits per heavy atom. The number of nitrogens with one attached hydrogen (secondary N) is 1. The number of nitrogens with zero attached hydrogens (tertiary/aromatic N) is 5. The molecule has 38 heavy (non-hydrogen) atoms. The highest BCUT2D eigenvalue weighted by molar-refractivity contribution is 8.01. The molecule has 15 heteroatoms. The second-order valence-corrected chi connectivity index (χ2v) is 11.2. The highest BCUT2D eigenvalue weighted by Gasteiger charge is 2.57. The van der Waals surface area contributed by atoms with Crippen LogP contribution in [0.3, 0.4) is 0 Å². The van der Waals surface area contributed by atoms with Gasteiger partial charge in [0.2, 0.25) is 11.9 Å². The Bertz CT molecular complexity index is 1400. The van der Waals surface area contributed by atoms with E-state index in [0.29, 0.717) is 11.4 Å². The molecule has 0 radical (unpaired) electrons. The number of fused-ring (bicyclic) bond motifs is 1. The zero-order valence-electron chi connectivity index (χ0n) is 20.7. The number of β-lactam (4-membered cyclic amide) rings is 1. The number of hydrogen-bond acceptors (Lipinski definition) is 10. The molecule has 5 rings (SSSR count). The van der Waals surface area contributed by atoms with Crippen molar-refractivity contribution in [2.24, 2.45) is 12.2 Å². The van der Waals surface area contributed by atoms with E-state index in [1.807, 2.05) is 19.1 Å². The van der Waals surface area contributed by atoms with Gasteiger partial charge in [-0.25, -0.2) is 9.78 Å². The van der Waals surface area contributed by atoms with Crippen LogP contribution in [0.15, 0.2) is 40.8 Å². The molecule has 4 atom stereocenters. The fourth-order valence-corrected chi connectivity index (χ4v) is 6.52. The third kappa shape index (κ3) is 4.51. The third-order valence-electron chi connectivity index (χ3n) is 6.36. The number of hydrogen-bond donors (Lipinski definition) is 3. The Labute approximate surface area is 225 Å². The van der Waals surface area contributed by atoms with E-state index >= 15 is 0 Å². The Balaban J connectivity index is 1.41. The second kappa shape index (κ2) is 10.1. The van der Waals surface area contributed by atoms with Crippen LogP contribution in [-0.4, -0.2) is 73.0 Å². The van der Waals surface area contributed by atoms with Crippen LogP contribution in [-0.2, 0) is 26.3 Å². The van der Waals surface area contributed by atoms with Gasteiger partial charge >= 0.3 is 5.97 Å². The molecule has 2 unspecified atom stereocenters. The predicted molar refractivity (Wildman–Crippen MR) is 139 cm³/mol. The lowest BCUT2D eigenvalue weighted by atomic mass is 10.0. The number of thiazole rings is 1. The second-order valence-electron chi connectivity index (χ2n) is 8.81. The van der Waals surface area contributed by atoms with Gasteiger partial charge in [-0.15, -0.1) is 32.5 Å². The van der Waals surface area contributed by atoms with Crippen LogP contribution in [0.5, 0.6) is 5.75 Å². The number of allylic oxidation sites excluding steroid dienone is 1. The number of rotatable bonds is 8. The first-order chi connectivity index (χ1) is 18.2. The van der Waals surface area contributed by atoms with Gasteiger partial charge in [0.25, 0.3) is 11.8 Å². The molecular weight excluding hydrogens is 534 g/mol. The van der Waals surface area contributed by atoms with Crippen LogP contribution in [0.25, 0.3) is 5.70 Å². The van der Waals surface area contributed by atoms with Gasteiger partial charge in [-0.2, -0.15) is 0 Å². The number of amides is 2. The molecule has 13 nitrogen and oxygen atoms in total. The molecule has 2 aromatic rings. The van der Waals surface area contributed by atoms with Gasteiger partial charge in [-0.05, 0) is 25.8 Å². The first-order valence-corrected chi connectivity index (χ1v) is 13.5. The number of carboxylic acid groups (broad SMARTS) is 1. The maximum atomic E-state index is 13.3. The van der Waals surface area contributed by atoms with Crippen molar-refractivity contribution in [3.05, 3.63) is 41.3 Å². The number of thioether (sulfide) groups is 1. The Morgan fingerprint density at radius 2 is 2.18 bits per heavy atom. The maximum Gasteiger partial charge on any atom is 0.354 e. The van der Waals surface area contributed by atoms with Crippen molar-refractivity contribution in [3.8, 4) is 5.75 Å². The molecule has 0 spiro atoms. The van der Waals surface area contributed by atoms with E-state index in [1.165, 1.54) is 23.8 Å². The lowest BCUT2D eigenvalue weighted by Gasteiger charge is -2.50. The lowest BCUT2D eigenvalue weighted by molar-refractivity contribution is -0.743. The average molecular weight is 561 g/mol. The van der Waals surface area contributed by atoms with Gasteiger partial charge in [0, 0.05) is 5.38 Å². The van der Waals surface area contributed by atoms with Crippen LogP contribution in [0.2, 0.25) is 0 Å². The molecule has 1 aliphatic carbocycles. The van der Waals surface area contributed by atoms with E-state index in [9.17, 15) is 19.5 Å². The zero-order chi connectivity index (χ0) is 27.1. The number of aryl methyl sites for hydroxylation is 1. The highest BCUT2D eigenvalue weighted by Crippen LogP contribution is 2.45. The van der Waals surface area contributed by atoms with Crippen LogP contribution >= 0.6 is 23.1 Å². The minimum Gasteiger partial charge on any atom is -0.490 e. The Kier molecular flexibility index (Phi) is 6.88. The molecule has 1 saturated heterocycles.